The van der Waals surface area contributed by atoms with Crippen LogP contribution in [0.25, 0.3) is 0 Å². The summed E-state index contributed by atoms with van der Waals surface area (Å²) in [5.41, 5.74) is -0.617. The Morgan fingerprint density at radius 3 is 2.82 bits per heavy atom. The molecule has 2 atom stereocenters. The minimum Gasteiger partial charge on any atom is -0.468 e. The Balaban J connectivity index is 2.71. The fourth-order valence-corrected chi connectivity index (χ4v) is 1.28. The Morgan fingerprint density at radius 1 is 1.82 bits per heavy atom. The summed E-state index contributed by atoms with van der Waals surface area (Å²) < 4.78 is 4.58. The molecule has 62 valence electrons. The second-order valence-corrected chi connectivity index (χ2v) is 3.04. The number of aliphatic hydroxyl groups excluding tert-OH is 1. The number of carbonyl (C=O) groups is 1. The largest absolute Gasteiger partial charge is 0.468 e. The summed E-state index contributed by atoms with van der Waals surface area (Å²) in [5.74, 6) is -0.287. The molecule has 0 saturated carbocycles. The van der Waals surface area contributed by atoms with Crippen LogP contribution in [-0.2, 0) is 9.53 Å². The summed E-state index contributed by atoms with van der Waals surface area (Å²) in [5, 5.41) is 9.11. The SMILES string of the molecule is COC(=O)[C@@]1(C)C=C[C@H](O)C1. The third-order valence-electron chi connectivity index (χ3n) is 1.97. The number of esters is 1. The van der Waals surface area contributed by atoms with E-state index in [0.29, 0.717) is 6.42 Å². The minimum atomic E-state index is -0.617. The van der Waals surface area contributed by atoms with Crippen molar-refractivity contribution in [2.24, 2.45) is 5.41 Å². The lowest BCUT2D eigenvalue weighted by Gasteiger charge is -2.18. The highest BCUT2D eigenvalue weighted by Gasteiger charge is 2.37. The molecular weight excluding hydrogens is 144 g/mol. The molecule has 1 aliphatic rings. The molecule has 0 heterocycles. The Morgan fingerprint density at radius 2 is 2.45 bits per heavy atom. The van der Waals surface area contributed by atoms with Crippen LogP contribution in [0.2, 0.25) is 0 Å². The number of ether oxygens (including phenoxy) is 1. The maximum atomic E-state index is 11.1. The number of aliphatic hydroxyl groups is 1. The summed E-state index contributed by atoms with van der Waals surface area (Å²) in [7, 11) is 1.35. The van der Waals surface area contributed by atoms with Crippen molar-refractivity contribution in [3.05, 3.63) is 12.2 Å². The van der Waals surface area contributed by atoms with E-state index >= 15 is 0 Å². The average molecular weight is 156 g/mol. The van der Waals surface area contributed by atoms with Crippen LogP contribution < -0.4 is 0 Å². The first-order valence-electron chi connectivity index (χ1n) is 3.54. The van der Waals surface area contributed by atoms with Gasteiger partial charge < -0.3 is 9.84 Å². The molecule has 0 aromatic rings. The van der Waals surface area contributed by atoms with E-state index in [-0.39, 0.29) is 5.97 Å². The Labute approximate surface area is 65.7 Å². The minimum absolute atomic E-state index is 0.287. The molecule has 1 N–H and O–H groups in total. The molecule has 3 nitrogen and oxygen atoms in total. The molecule has 0 aliphatic heterocycles. The van der Waals surface area contributed by atoms with Gasteiger partial charge in [0.1, 0.15) is 0 Å². The zero-order chi connectivity index (χ0) is 8.48. The highest BCUT2D eigenvalue weighted by atomic mass is 16.5. The molecule has 3 heteroatoms. The van der Waals surface area contributed by atoms with Crippen LogP contribution in [0.15, 0.2) is 12.2 Å². The number of hydrogen-bond donors (Lipinski definition) is 1. The van der Waals surface area contributed by atoms with Gasteiger partial charge in [-0.05, 0) is 13.3 Å². The molecule has 0 unspecified atom stereocenters. The van der Waals surface area contributed by atoms with E-state index in [2.05, 4.69) is 4.74 Å². The normalized spacial score (nSPS) is 35.7. The lowest BCUT2D eigenvalue weighted by molar-refractivity contribution is -0.149. The Kier molecular flexibility index (Phi) is 2.00. The lowest BCUT2D eigenvalue weighted by atomic mass is 9.90. The smallest absolute Gasteiger partial charge is 0.315 e. The van der Waals surface area contributed by atoms with Crippen molar-refractivity contribution >= 4 is 5.97 Å². The number of carbonyl (C=O) groups excluding carboxylic acids is 1. The van der Waals surface area contributed by atoms with E-state index < -0.39 is 11.5 Å². The highest BCUT2D eigenvalue weighted by Crippen LogP contribution is 2.32. The monoisotopic (exact) mass is 156 g/mol. The topological polar surface area (TPSA) is 46.5 Å². The molecule has 0 bridgehead atoms. The zero-order valence-corrected chi connectivity index (χ0v) is 6.70. The predicted molar refractivity (Wildman–Crippen MR) is 39.9 cm³/mol. The molecule has 1 aliphatic carbocycles. The van der Waals surface area contributed by atoms with Crippen LogP contribution >= 0.6 is 0 Å². The van der Waals surface area contributed by atoms with E-state index in [9.17, 15) is 4.79 Å². The fraction of sp³-hybridized carbons (Fsp3) is 0.625. The average Bonchev–Trinajstić information content (AvgIpc) is 2.31. The second-order valence-electron chi connectivity index (χ2n) is 3.04. The number of methoxy groups -OCH3 is 1. The standard InChI is InChI=1S/C8H12O3/c1-8(7(10)11-2)4-3-6(9)5-8/h3-4,6,9H,5H2,1-2H3/t6-,8-/m0/s1. The summed E-state index contributed by atoms with van der Waals surface area (Å²) in [6.07, 6.45) is 3.25. The molecule has 0 aromatic heterocycles. The van der Waals surface area contributed by atoms with Crippen molar-refractivity contribution in [3.63, 3.8) is 0 Å². The van der Waals surface area contributed by atoms with Gasteiger partial charge in [-0.25, -0.2) is 0 Å². The van der Waals surface area contributed by atoms with Crippen molar-refractivity contribution < 1.29 is 14.6 Å². The van der Waals surface area contributed by atoms with Gasteiger partial charge in [0.15, 0.2) is 0 Å². The van der Waals surface area contributed by atoms with Crippen LogP contribution in [-0.4, -0.2) is 24.3 Å². The quantitative estimate of drug-likeness (QED) is 0.444. The highest BCUT2D eigenvalue weighted by molar-refractivity contribution is 5.79. The van der Waals surface area contributed by atoms with Gasteiger partial charge in [0.25, 0.3) is 0 Å². The molecule has 0 fully saturated rings. The molecule has 0 saturated heterocycles. The van der Waals surface area contributed by atoms with Crippen LogP contribution in [0.5, 0.6) is 0 Å². The molecular formula is C8H12O3. The van der Waals surface area contributed by atoms with Gasteiger partial charge in [-0.2, -0.15) is 0 Å². The summed E-state index contributed by atoms with van der Waals surface area (Å²) in [6, 6.07) is 0. The predicted octanol–water partition coefficient (Wildman–Crippen LogP) is 0.486. The van der Waals surface area contributed by atoms with Gasteiger partial charge in [-0.15, -0.1) is 0 Å². The maximum Gasteiger partial charge on any atom is 0.315 e. The van der Waals surface area contributed by atoms with Crippen molar-refractivity contribution in [1.29, 1.82) is 0 Å². The lowest BCUT2D eigenvalue weighted by Crippen LogP contribution is -2.26. The Hall–Kier alpha value is -0.830. The van der Waals surface area contributed by atoms with E-state index in [1.54, 1.807) is 19.1 Å². The zero-order valence-electron chi connectivity index (χ0n) is 6.70. The maximum absolute atomic E-state index is 11.1. The van der Waals surface area contributed by atoms with E-state index in [1.165, 1.54) is 7.11 Å². The van der Waals surface area contributed by atoms with E-state index in [4.69, 9.17) is 5.11 Å². The van der Waals surface area contributed by atoms with E-state index in [1.807, 2.05) is 0 Å². The fourth-order valence-electron chi connectivity index (χ4n) is 1.28. The first kappa shape index (κ1) is 8.27. The summed E-state index contributed by atoms with van der Waals surface area (Å²) in [4.78, 5) is 11.1. The molecule has 0 radical (unpaired) electrons. The molecule has 11 heavy (non-hydrogen) atoms. The van der Waals surface area contributed by atoms with E-state index in [0.717, 1.165) is 0 Å². The molecule has 0 spiro atoms. The second kappa shape index (κ2) is 2.66. The van der Waals surface area contributed by atoms with Gasteiger partial charge in [0.05, 0.1) is 18.6 Å². The van der Waals surface area contributed by atoms with Crippen molar-refractivity contribution in [2.45, 2.75) is 19.4 Å². The van der Waals surface area contributed by atoms with Gasteiger partial charge in [-0.1, -0.05) is 12.2 Å². The molecule has 0 amide bonds. The van der Waals surface area contributed by atoms with Crippen molar-refractivity contribution in [3.8, 4) is 0 Å². The van der Waals surface area contributed by atoms with Crippen LogP contribution in [0.1, 0.15) is 13.3 Å². The van der Waals surface area contributed by atoms with Gasteiger partial charge in [0.2, 0.25) is 0 Å². The molecule has 1 rings (SSSR count). The third kappa shape index (κ3) is 1.43. The van der Waals surface area contributed by atoms with Crippen LogP contribution in [0.3, 0.4) is 0 Å². The van der Waals surface area contributed by atoms with Crippen molar-refractivity contribution in [1.82, 2.24) is 0 Å². The van der Waals surface area contributed by atoms with Crippen LogP contribution in [0.4, 0.5) is 0 Å². The third-order valence-corrected chi connectivity index (χ3v) is 1.97. The van der Waals surface area contributed by atoms with Gasteiger partial charge >= 0.3 is 5.97 Å². The molecule has 0 aromatic carbocycles. The van der Waals surface area contributed by atoms with Gasteiger partial charge in [-0.3, -0.25) is 4.79 Å². The summed E-state index contributed by atoms with van der Waals surface area (Å²) >= 11 is 0. The first-order chi connectivity index (χ1) is 5.08. The summed E-state index contributed by atoms with van der Waals surface area (Å²) in [6.45, 7) is 1.76. The van der Waals surface area contributed by atoms with Gasteiger partial charge in [0, 0.05) is 0 Å². The van der Waals surface area contributed by atoms with Crippen LogP contribution in [0, 0.1) is 5.41 Å². The van der Waals surface area contributed by atoms with Crippen molar-refractivity contribution in [2.75, 3.05) is 7.11 Å². The first-order valence-corrected chi connectivity index (χ1v) is 3.54. The number of hydrogen-bond acceptors (Lipinski definition) is 3. The Bertz CT molecular complexity index is 198. The number of rotatable bonds is 1.